The molecule has 0 aromatic heterocycles. The largest absolute Gasteiger partial charge is 0.386 e. The number of carbonyl (C=O) groups is 1. The van der Waals surface area contributed by atoms with Gasteiger partial charge in [0, 0.05) is 18.2 Å². The van der Waals surface area contributed by atoms with Crippen molar-refractivity contribution >= 4 is 6.03 Å². The summed E-state index contributed by atoms with van der Waals surface area (Å²) in [4.78, 5) is 11.7. The first kappa shape index (κ1) is 16.4. The molecule has 0 radical (unpaired) electrons. The van der Waals surface area contributed by atoms with Crippen LogP contribution >= 0.6 is 0 Å². The maximum Gasteiger partial charge on any atom is 0.315 e. The van der Waals surface area contributed by atoms with E-state index in [1.165, 1.54) is 12.1 Å². The molecule has 3 atom stereocenters. The number of carbonyl (C=O) groups excluding carboxylic acids is 1. The molecule has 0 spiro atoms. The van der Waals surface area contributed by atoms with Gasteiger partial charge in [0.15, 0.2) is 0 Å². The third-order valence-electron chi connectivity index (χ3n) is 3.58. The summed E-state index contributed by atoms with van der Waals surface area (Å²) in [5, 5.41) is 15.2. The van der Waals surface area contributed by atoms with Crippen LogP contribution in [0.5, 0.6) is 0 Å². The van der Waals surface area contributed by atoms with Crippen molar-refractivity contribution in [3.63, 3.8) is 0 Å². The first-order valence-corrected chi connectivity index (χ1v) is 6.92. The Labute approximate surface area is 119 Å². The van der Waals surface area contributed by atoms with Gasteiger partial charge in [0.2, 0.25) is 0 Å². The third kappa shape index (κ3) is 4.81. The predicted molar refractivity (Wildman–Crippen MR) is 76.8 cm³/mol. The highest BCUT2D eigenvalue weighted by molar-refractivity contribution is 5.74. The van der Waals surface area contributed by atoms with Crippen molar-refractivity contribution in [1.29, 1.82) is 0 Å². The van der Waals surface area contributed by atoms with E-state index in [-0.39, 0.29) is 24.2 Å². The predicted octanol–water partition coefficient (Wildman–Crippen LogP) is 2.59. The van der Waals surface area contributed by atoms with Gasteiger partial charge in [-0.05, 0) is 18.9 Å². The number of aliphatic hydroxyl groups excluding tert-OH is 1. The summed E-state index contributed by atoms with van der Waals surface area (Å²) in [6.45, 7) is 6.02. The molecule has 0 saturated heterocycles. The Morgan fingerprint density at radius 3 is 2.60 bits per heavy atom. The second-order valence-corrected chi connectivity index (χ2v) is 5.07. The van der Waals surface area contributed by atoms with Gasteiger partial charge >= 0.3 is 6.03 Å². The Balaban J connectivity index is 2.43. The number of hydrogen-bond donors (Lipinski definition) is 3. The Bertz CT molecular complexity index is 440. The Morgan fingerprint density at radius 1 is 1.35 bits per heavy atom. The molecule has 20 heavy (non-hydrogen) atoms. The van der Waals surface area contributed by atoms with Gasteiger partial charge in [0.1, 0.15) is 5.82 Å². The van der Waals surface area contributed by atoms with Gasteiger partial charge in [-0.15, -0.1) is 0 Å². The zero-order valence-electron chi connectivity index (χ0n) is 12.2. The molecule has 1 rings (SSSR count). The lowest BCUT2D eigenvalue weighted by atomic mass is 10.0. The topological polar surface area (TPSA) is 61.4 Å². The van der Waals surface area contributed by atoms with E-state index < -0.39 is 11.9 Å². The fourth-order valence-corrected chi connectivity index (χ4v) is 1.80. The summed E-state index contributed by atoms with van der Waals surface area (Å²) in [7, 11) is 0. The third-order valence-corrected chi connectivity index (χ3v) is 3.58. The van der Waals surface area contributed by atoms with Crippen molar-refractivity contribution in [3.05, 3.63) is 35.6 Å². The van der Waals surface area contributed by atoms with Gasteiger partial charge in [-0.3, -0.25) is 0 Å². The van der Waals surface area contributed by atoms with Crippen molar-refractivity contribution in [3.8, 4) is 0 Å². The van der Waals surface area contributed by atoms with Crippen LogP contribution in [0, 0.1) is 11.7 Å². The molecule has 0 aliphatic heterocycles. The zero-order chi connectivity index (χ0) is 15.1. The Hall–Kier alpha value is -1.62. The summed E-state index contributed by atoms with van der Waals surface area (Å²) in [5.41, 5.74) is 0.183. The summed E-state index contributed by atoms with van der Waals surface area (Å²) in [6.07, 6.45) is -0.0832. The minimum absolute atomic E-state index is 0.0278. The Morgan fingerprint density at radius 2 is 2.00 bits per heavy atom. The van der Waals surface area contributed by atoms with E-state index in [1.54, 1.807) is 12.1 Å². The molecule has 5 heteroatoms. The molecule has 4 nitrogen and oxygen atoms in total. The van der Waals surface area contributed by atoms with Crippen molar-refractivity contribution in [2.45, 2.75) is 39.3 Å². The fourth-order valence-electron chi connectivity index (χ4n) is 1.80. The van der Waals surface area contributed by atoms with Crippen LogP contribution < -0.4 is 10.6 Å². The van der Waals surface area contributed by atoms with Crippen molar-refractivity contribution in [2.24, 2.45) is 5.92 Å². The number of rotatable bonds is 6. The summed E-state index contributed by atoms with van der Waals surface area (Å²) in [5.74, 6) is -0.104. The molecule has 1 aromatic rings. The minimum Gasteiger partial charge on any atom is -0.386 e. The first-order valence-electron chi connectivity index (χ1n) is 6.92. The van der Waals surface area contributed by atoms with Crippen LogP contribution in [0.4, 0.5) is 9.18 Å². The zero-order valence-corrected chi connectivity index (χ0v) is 12.2. The second-order valence-electron chi connectivity index (χ2n) is 5.07. The van der Waals surface area contributed by atoms with Crippen molar-refractivity contribution < 1.29 is 14.3 Å². The molecule has 0 aliphatic rings. The highest BCUT2D eigenvalue weighted by Crippen LogP contribution is 2.15. The first-order chi connectivity index (χ1) is 9.45. The summed E-state index contributed by atoms with van der Waals surface area (Å²) < 4.78 is 13.4. The fraction of sp³-hybridized carbons (Fsp3) is 0.533. The summed E-state index contributed by atoms with van der Waals surface area (Å²) in [6, 6.07) is 5.68. The number of hydrogen-bond acceptors (Lipinski definition) is 2. The number of amides is 2. The standard InChI is InChI=1S/C15H23FN2O2/c1-4-10(2)11(3)18-15(20)17-9-14(19)12-7-5-6-8-13(12)16/h5-8,10-11,14,19H,4,9H2,1-3H3,(H2,17,18,20). The minimum atomic E-state index is -1.05. The van der Waals surface area contributed by atoms with Crippen LogP contribution in [0.2, 0.25) is 0 Å². The molecule has 0 fully saturated rings. The maximum absolute atomic E-state index is 13.4. The van der Waals surface area contributed by atoms with Crippen LogP contribution in [0.25, 0.3) is 0 Å². The molecule has 112 valence electrons. The van der Waals surface area contributed by atoms with Gasteiger partial charge < -0.3 is 15.7 Å². The molecule has 0 bridgehead atoms. The molecule has 3 N–H and O–H groups in total. The van der Waals surface area contributed by atoms with Crippen LogP contribution in [0.1, 0.15) is 38.9 Å². The van der Waals surface area contributed by atoms with Gasteiger partial charge in [0.25, 0.3) is 0 Å². The van der Waals surface area contributed by atoms with E-state index in [2.05, 4.69) is 24.5 Å². The molecule has 0 heterocycles. The second kappa shape index (κ2) is 7.85. The molecule has 3 unspecified atom stereocenters. The quantitative estimate of drug-likeness (QED) is 0.751. The average molecular weight is 282 g/mol. The van der Waals surface area contributed by atoms with Gasteiger partial charge in [-0.1, -0.05) is 38.5 Å². The summed E-state index contributed by atoms with van der Waals surface area (Å²) >= 11 is 0. The number of benzene rings is 1. The smallest absolute Gasteiger partial charge is 0.315 e. The lowest BCUT2D eigenvalue weighted by molar-refractivity contribution is 0.168. The van der Waals surface area contributed by atoms with Crippen LogP contribution in [0.3, 0.4) is 0 Å². The van der Waals surface area contributed by atoms with Crippen LogP contribution in [-0.2, 0) is 0 Å². The number of aliphatic hydroxyl groups is 1. The average Bonchev–Trinajstić information content (AvgIpc) is 2.44. The van der Waals surface area contributed by atoms with Gasteiger partial charge in [-0.2, -0.15) is 0 Å². The van der Waals surface area contributed by atoms with E-state index in [4.69, 9.17) is 0 Å². The normalized spacial score (nSPS) is 15.2. The van der Waals surface area contributed by atoms with E-state index >= 15 is 0 Å². The molecular weight excluding hydrogens is 259 g/mol. The van der Waals surface area contributed by atoms with E-state index in [0.29, 0.717) is 5.92 Å². The van der Waals surface area contributed by atoms with Gasteiger partial charge in [-0.25, -0.2) is 9.18 Å². The number of nitrogens with one attached hydrogen (secondary N) is 2. The van der Waals surface area contributed by atoms with Crippen molar-refractivity contribution in [1.82, 2.24) is 10.6 Å². The van der Waals surface area contributed by atoms with Crippen molar-refractivity contribution in [2.75, 3.05) is 6.54 Å². The molecule has 0 saturated carbocycles. The Kier molecular flexibility index (Phi) is 6.45. The lowest BCUT2D eigenvalue weighted by Crippen LogP contribution is -2.44. The monoisotopic (exact) mass is 282 g/mol. The lowest BCUT2D eigenvalue weighted by Gasteiger charge is -2.21. The molecular formula is C15H23FN2O2. The molecule has 2 amide bonds. The highest BCUT2D eigenvalue weighted by Gasteiger charge is 2.15. The maximum atomic E-state index is 13.4. The number of urea groups is 1. The molecule has 1 aromatic carbocycles. The van der Waals surface area contributed by atoms with Crippen LogP contribution in [-0.4, -0.2) is 23.7 Å². The molecule has 0 aliphatic carbocycles. The van der Waals surface area contributed by atoms with E-state index in [0.717, 1.165) is 6.42 Å². The van der Waals surface area contributed by atoms with Gasteiger partial charge in [0.05, 0.1) is 6.10 Å². The van der Waals surface area contributed by atoms with E-state index in [9.17, 15) is 14.3 Å². The highest BCUT2D eigenvalue weighted by atomic mass is 19.1. The SMILES string of the molecule is CCC(C)C(C)NC(=O)NCC(O)c1ccccc1F. The van der Waals surface area contributed by atoms with E-state index in [1.807, 2.05) is 6.92 Å². The number of halogens is 1. The van der Waals surface area contributed by atoms with Crippen LogP contribution in [0.15, 0.2) is 24.3 Å².